The molecule has 0 radical (unpaired) electrons. The third-order valence-electron chi connectivity index (χ3n) is 1.90. The Kier molecular flexibility index (Phi) is 7.72. The second-order valence-corrected chi connectivity index (χ2v) is 2.87. The maximum atomic E-state index is 10.3. The van der Waals surface area contributed by atoms with Crippen molar-refractivity contribution in [2.45, 2.75) is 12.3 Å². The molecule has 0 saturated carbocycles. The monoisotopic (exact) mass is 218 g/mol. The summed E-state index contributed by atoms with van der Waals surface area (Å²) < 4.78 is 0. The fraction of sp³-hybridized carbons (Fsp3) is 0.300. The van der Waals surface area contributed by atoms with Crippen molar-refractivity contribution in [1.82, 2.24) is 0 Å². The normalized spacial score (nSPS) is 11.5. The van der Waals surface area contributed by atoms with Gasteiger partial charge in [0.05, 0.1) is 6.61 Å². The first kappa shape index (κ1) is 14.3. The molecule has 0 amide bonds. The van der Waals surface area contributed by atoms with Crippen LogP contribution in [0.5, 0.6) is 0 Å². The van der Waals surface area contributed by atoms with E-state index in [2.05, 4.69) is 0 Å². The molecule has 70 valence electrons. The van der Waals surface area contributed by atoms with Crippen LogP contribution in [-0.4, -0.2) is 17.7 Å². The number of carbonyl (C=O) groups excluding carboxylic acids is 1. The first-order valence-corrected chi connectivity index (χ1v) is 4.09. The Morgan fingerprint density at radius 3 is 2.36 bits per heavy atom. The van der Waals surface area contributed by atoms with Gasteiger partial charge in [0, 0.05) is 11.9 Å². The Labute approximate surface area is 126 Å². The first-order valence-electron chi connectivity index (χ1n) is 4.09. The summed E-state index contributed by atoms with van der Waals surface area (Å²) in [6, 6.07) is 9.06. The van der Waals surface area contributed by atoms with E-state index < -0.39 is 5.97 Å². The standard InChI is InChI=1S/C10H12O3.K/c11-7-9(6-10(12)13)8-4-2-1-3-5-8;/h1-5,9,11H,6-7H2,(H,12,13);/q;+1/p-1. The van der Waals surface area contributed by atoms with Crippen LogP contribution in [0.15, 0.2) is 30.3 Å². The fourth-order valence-corrected chi connectivity index (χ4v) is 1.21. The van der Waals surface area contributed by atoms with Crippen LogP contribution in [0.3, 0.4) is 0 Å². The van der Waals surface area contributed by atoms with Gasteiger partial charge in [-0.2, -0.15) is 0 Å². The summed E-state index contributed by atoms with van der Waals surface area (Å²) in [6.07, 6.45) is -0.138. The Hall–Kier alpha value is 0.286. The molecule has 0 aromatic heterocycles. The van der Waals surface area contributed by atoms with Gasteiger partial charge >= 0.3 is 51.4 Å². The molecule has 0 aliphatic rings. The SMILES string of the molecule is O=C([O-])CC(CO)c1ccccc1.[K+]. The van der Waals surface area contributed by atoms with E-state index in [4.69, 9.17) is 5.11 Å². The van der Waals surface area contributed by atoms with Crippen molar-refractivity contribution < 1.29 is 66.4 Å². The van der Waals surface area contributed by atoms with E-state index in [0.717, 1.165) is 5.56 Å². The zero-order valence-electron chi connectivity index (χ0n) is 8.14. The molecule has 14 heavy (non-hydrogen) atoms. The number of aliphatic hydroxyl groups is 1. The molecule has 0 fully saturated rings. The number of hydrogen-bond acceptors (Lipinski definition) is 3. The molecule has 0 spiro atoms. The average molecular weight is 218 g/mol. The third-order valence-corrected chi connectivity index (χ3v) is 1.90. The van der Waals surface area contributed by atoms with Crippen LogP contribution in [0.2, 0.25) is 0 Å². The molecule has 0 aliphatic heterocycles. The summed E-state index contributed by atoms with van der Waals surface area (Å²) in [6.45, 7) is -0.169. The van der Waals surface area contributed by atoms with E-state index in [-0.39, 0.29) is 70.3 Å². The molecular formula is C10H11KO3. The van der Waals surface area contributed by atoms with Gasteiger partial charge in [-0.05, 0) is 12.0 Å². The van der Waals surface area contributed by atoms with E-state index in [1.807, 2.05) is 18.2 Å². The van der Waals surface area contributed by atoms with Crippen molar-refractivity contribution in [2.75, 3.05) is 6.61 Å². The minimum absolute atomic E-state index is 0. The summed E-state index contributed by atoms with van der Waals surface area (Å²) in [7, 11) is 0. The molecule has 1 atom stereocenters. The minimum atomic E-state index is -1.14. The van der Waals surface area contributed by atoms with Crippen LogP contribution < -0.4 is 56.5 Å². The van der Waals surface area contributed by atoms with E-state index in [1.165, 1.54) is 0 Å². The third kappa shape index (κ3) is 4.68. The van der Waals surface area contributed by atoms with Crippen LogP contribution in [0.4, 0.5) is 0 Å². The van der Waals surface area contributed by atoms with Crippen molar-refractivity contribution in [3.8, 4) is 0 Å². The molecule has 0 aliphatic carbocycles. The van der Waals surface area contributed by atoms with E-state index in [0.29, 0.717) is 0 Å². The Balaban J connectivity index is 0.00000169. The van der Waals surface area contributed by atoms with Crippen molar-refractivity contribution in [2.24, 2.45) is 0 Å². The maximum absolute atomic E-state index is 10.3. The van der Waals surface area contributed by atoms with E-state index in [1.54, 1.807) is 12.1 Å². The van der Waals surface area contributed by atoms with Gasteiger partial charge in [-0.15, -0.1) is 0 Å². The minimum Gasteiger partial charge on any atom is -0.550 e. The van der Waals surface area contributed by atoms with Gasteiger partial charge in [0.2, 0.25) is 0 Å². The van der Waals surface area contributed by atoms with Gasteiger partial charge < -0.3 is 15.0 Å². The molecule has 3 nitrogen and oxygen atoms in total. The molecule has 1 N–H and O–H groups in total. The summed E-state index contributed by atoms with van der Waals surface area (Å²) in [4.78, 5) is 10.3. The number of benzene rings is 1. The average Bonchev–Trinajstić information content (AvgIpc) is 2.15. The Morgan fingerprint density at radius 2 is 1.93 bits per heavy atom. The molecular weight excluding hydrogens is 207 g/mol. The number of aliphatic hydroxyl groups excluding tert-OH is 1. The summed E-state index contributed by atoms with van der Waals surface area (Å²) in [5, 5.41) is 19.3. The van der Waals surface area contributed by atoms with Crippen LogP contribution in [0.25, 0.3) is 0 Å². The Bertz CT molecular complexity index is 274. The zero-order chi connectivity index (χ0) is 9.68. The number of carbonyl (C=O) groups is 1. The Morgan fingerprint density at radius 1 is 1.36 bits per heavy atom. The number of aliphatic carboxylic acids is 1. The summed E-state index contributed by atoms with van der Waals surface area (Å²) >= 11 is 0. The quantitative estimate of drug-likeness (QED) is 0.545. The first-order chi connectivity index (χ1) is 6.24. The number of hydrogen-bond donors (Lipinski definition) is 1. The van der Waals surface area contributed by atoms with Gasteiger partial charge in [-0.1, -0.05) is 30.3 Å². The van der Waals surface area contributed by atoms with Crippen LogP contribution in [-0.2, 0) is 4.79 Å². The second-order valence-electron chi connectivity index (χ2n) is 2.87. The van der Waals surface area contributed by atoms with Crippen molar-refractivity contribution >= 4 is 5.97 Å². The number of rotatable bonds is 4. The van der Waals surface area contributed by atoms with Crippen molar-refractivity contribution in [3.05, 3.63) is 35.9 Å². The molecule has 1 unspecified atom stereocenters. The van der Waals surface area contributed by atoms with Crippen molar-refractivity contribution in [1.29, 1.82) is 0 Å². The molecule has 1 rings (SSSR count). The van der Waals surface area contributed by atoms with Gasteiger partial charge in [0.25, 0.3) is 0 Å². The van der Waals surface area contributed by atoms with Crippen LogP contribution in [0, 0.1) is 0 Å². The van der Waals surface area contributed by atoms with Gasteiger partial charge in [-0.25, -0.2) is 0 Å². The molecule has 0 bridgehead atoms. The molecule has 1 aromatic rings. The van der Waals surface area contributed by atoms with Crippen LogP contribution in [0.1, 0.15) is 17.9 Å². The fourth-order valence-electron chi connectivity index (χ4n) is 1.21. The maximum Gasteiger partial charge on any atom is 1.00 e. The smallest absolute Gasteiger partial charge is 0.550 e. The molecule has 1 aromatic carbocycles. The predicted molar refractivity (Wildman–Crippen MR) is 45.9 cm³/mol. The predicted octanol–water partition coefficient (Wildman–Crippen LogP) is -3.09. The topological polar surface area (TPSA) is 60.4 Å². The summed E-state index contributed by atoms with van der Waals surface area (Å²) in [5.74, 6) is -1.49. The molecule has 0 saturated heterocycles. The largest absolute Gasteiger partial charge is 1.00 e. The number of carboxylic acids is 1. The van der Waals surface area contributed by atoms with Crippen molar-refractivity contribution in [3.63, 3.8) is 0 Å². The number of carboxylic acid groups (broad SMARTS) is 1. The van der Waals surface area contributed by atoms with Gasteiger partial charge in [0.1, 0.15) is 0 Å². The van der Waals surface area contributed by atoms with Gasteiger partial charge in [-0.3, -0.25) is 0 Å². The molecule has 4 heteroatoms. The van der Waals surface area contributed by atoms with Gasteiger partial charge in [0.15, 0.2) is 0 Å². The zero-order valence-corrected chi connectivity index (χ0v) is 11.3. The van der Waals surface area contributed by atoms with E-state index >= 15 is 0 Å². The van der Waals surface area contributed by atoms with Crippen LogP contribution >= 0.6 is 0 Å². The molecule has 0 heterocycles. The summed E-state index contributed by atoms with van der Waals surface area (Å²) in [5.41, 5.74) is 0.828. The second kappa shape index (κ2) is 7.56. The van der Waals surface area contributed by atoms with E-state index in [9.17, 15) is 9.90 Å².